The van der Waals surface area contributed by atoms with Crippen molar-refractivity contribution in [1.29, 1.82) is 0 Å². The number of aromatic carboxylic acids is 1. The molecule has 0 spiro atoms. The summed E-state index contributed by atoms with van der Waals surface area (Å²) in [4.78, 5) is 14.9. The largest absolute Gasteiger partial charge is 0.477 e. The molecule has 0 bridgehead atoms. The highest BCUT2D eigenvalue weighted by Crippen LogP contribution is 2.63. The molecule has 1 aromatic rings. The second kappa shape index (κ2) is 3.60. The number of hydrogen-bond donors (Lipinski definition) is 3. The van der Waals surface area contributed by atoms with Crippen molar-refractivity contribution >= 4 is 17.5 Å². The van der Waals surface area contributed by atoms with Gasteiger partial charge in [0.1, 0.15) is 5.82 Å². The van der Waals surface area contributed by atoms with Crippen molar-refractivity contribution in [1.82, 2.24) is 4.98 Å². The average Bonchev–Trinajstić information content (AvgIpc) is 2.63. The summed E-state index contributed by atoms with van der Waals surface area (Å²) in [6.45, 7) is 8.67. The van der Waals surface area contributed by atoms with E-state index in [9.17, 15) is 4.79 Å². The molecule has 0 radical (unpaired) electrons. The predicted molar refractivity (Wildman–Crippen MR) is 70.6 cm³/mol. The van der Waals surface area contributed by atoms with Crippen LogP contribution in [0.4, 0.5) is 11.5 Å². The zero-order valence-corrected chi connectivity index (χ0v) is 11.1. The Morgan fingerprint density at radius 1 is 1.33 bits per heavy atom. The maximum Gasteiger partial charge on any atom is 0.354 e. The van der Waals surface area contributed by atoms with Gasteiger partial charge in [-0.1, -0.05) is 27.7 Å². The molecule has 0 atom stereocenters. The Morgan fingerprint density at radius 2 is 1.89 bits per heavy atom. The van der Waals surface area contributed by atoms with Crippen LogP contribution in [-0.2, 0) is 0 Å². The lowest BCUT2D eigenvalue weighted by molar-refractivity contribution is 0.0690. The molecule has 0 aromatic carbocycles. The number of carboxylic acid groups (broad SMARTS) is 1. The Hall–Kier alpha value is -1.78. The maximum absolute atomic E-state index is 10.9. The molecule has 0 amide bonds. The minimum absolute atomic E-state index is 0.00274. The van der Waals surface area contributed by atoms with Crippen LogP contribution in [0.25, 0.3) is 0 Å². The maximum atomic E-state index is 10.9. The van der Waals surface area contributed by atoms with E-state index >= 15 is 0 Å². The summed E-state index contributed by atoms with van der Waals surface area (Å²) in [5, 5.41) is 12.2. The van der Waals surface area contributed by atoms with Crippen LogP contribution in [-0.4, -0.2) is 22.1 Å². The fourth-order valence-electron chi connectivity index (χ4n) is 2.40. The summed E-state index contributed by atoms with van der Waals surface area (Å²) in [6, 6.07) is 3.22. The van der Waals surface area contributed by atoms with Crippen molar-refractivity contribution in [2.24, 2.45) is 10.8 Å². The number of anilines is 2. The second-order valence-corrected chi connectivity index (χ2v) is 5.96. The molecule has 1 aliphatic rings. The van der Waals surface area contributed by atoms with Gasteiger partial charge in [0.2, 0.25) is 0 Å². The summed E-state index contributed by atoms with van der Waals surface area (Å²) in [7, 11) is 0. The van der Waals surface area contributed by atoms with E-state index in [1.807, 2.05) is 0 Å². The van der Waals surface area contributed by atoms with E-state index in [4.69, 9.17) is 10.8 Å². The fourth-order valence-corrected chi connectivity index (χ4v) is 2.40. The Morgan fingerprint density at radius 3 is 2.33 bits per heavy atom. The lowest BCUT2D eigenvalue weighted by Crippen LogP contribution is -2.14. The summed E-state index contributed by atoms with van der Waals surface area (Å²) in [6.07, 6.45) is 0. The minimum atomic E-state index is -1.05. The number of rotatable bonds is 3. The quantitative estimate of drug-likeness (QED) is 0.764. The number of carboxylic acids is 1. The van der Waals surface area contributed by atoms with Crippen molar-refractivity contribution in [3.05, 3.63) is 17.8 Å². The van der Waals surface area contributed by atoms with Crippen LogP contribution >= 0.6 is 0 Å². The summed E-state index contributed by atoms with van der Waals surface area (Å²) in [5.41, 5.74) is 6.58. The number of nitrogens with one attached hydrogen (secondary N) is 1. The number of nitrogens with two attached hydrogens (primary N) is 1. The van der Waals surface area contributed by atoms with Crippen molar-refractivity contribution in [2.75, 3.05) is 11.1 Å². The van der Waals surface area contributed by atoms with Gasteiger partial charge in [0.25, 0.3) is 0 Å². The summed E-state index contributed by atoms with van der Waals surface area (Å²) in [5.74, 6) is -0.592. The Kier molecular flexibility index (Phi) is 2.54. The van der Waals surface area contributed by atoms with E-state index in [2.05, 4.69) is 38.0 Å². The second-order valence-electron chi connectivity index (χ2n) is 5.96. The van der Waals surface area contributed by atoms with Gasteiger partial charge in [-0.05, 0) is 23.0 Å². The van der Waals surface area contributed by atoms with E-state index in [1.165, 1.54) is 6.07 Å². The van der Waals surface area contributed by atoms with Gasteiger partial charge >= 0.3 is 5.97 Å². The van der Waals surface area contributed by atoms with Crippen molar-refractivity contribution < 1.29 is 9.90 Å². The lowest BCUT2D eigenvalue weighted by Gasteiger charge is -2.10. The molecule has 5 heteroatoms. The third kappa shape index (κ3) is 1.70. The molecule has 1 saturated carbocycles. The first-order valence-electron chi connectivity index (χ1n) is 5.94. The fraction of sp³-hybridized carbons (Fsp3) is 0.538. The molecule has 0 unspecified atom stereocenters. The normalized spacial score (nSPS) is 20.4. The summed E-state index contributed by atoms with van der Waals surface area (Å²) < 4.78 is 0. The lowest BCUT2D eigenvalue weighted by atomic mass is 10.0. The van der Waals surface area contributed by atoms with Gasteiger partial charge in [-0.3, -0.25) is 0 Å². The van der Waals surface area contributed by atoms with Gasteiger partial charge in [0, 0.05) is 6.04 Å². The zero-order valence-electron chi connectivity index (χ0n) is 11.1. The minimum Gasteiger partial charge on any atom is -0.477 e. The van der Waals surface area contributed by atoms with Gasteiger partial charge in [-0.15, -0.1) is 0 Å². The van der Waals surface area contributed by atoms with Gasteiger partial charge in [0.05, 0.1) is 5.69 Å². The first-order valence-corrected chi connectivity index (χ1v) is 5.94. The average molecular weight is 249 g/mol. The highest BCUT2D eigenvalue weighted by Gasteiger charge is 2.65. The number of hydrogen-bond acceptors (Lipinski definition) is 4. The standard InChI is InChI=1S/C13H19N3O2/c1-12(2)11(13(12,3)4)16-9-7(14)5-6-8(15-9)10(17)18/h5-6,11H,14H2,1-4H3,(H,15,16)(H,17,18). The molecular formula is C13H19N3O2. The van der Waals surface area contributed by atoms with Crippen molar-refractivity contribution in [3.8, 4) is 0 Å². The third-order valence-electron chi connectivity index (χ3n) is 4.45. The van der Waals surface area contributed by atoms with Crippen LogP contribution in [0, 0.1) is 10.8 Å². The molecule has 1 heterocycles. The highest BCUT2D eigenvalue weighted by molar-refractivity contribution is 5.86. The number of nitrogen functional groups attached to an aromatic ring is 1. The molecule has 1 fully saturated rings. The van der Waals surface area contributed by atoms with Crippen molar-refractivity contribution in [2.45, 2.75) is 33.7 Å². The van der Waals surface area contributed by atoms with Crippen LogP contribution in [0.5, 0.6) is 0 Å². The van der Waals surface area contributed by atoms with E-state index in [1.54, 1.807) is 6.07 Å². The van der Waals surface area contributed by atoms with Gasteiger partial charge in [-0.25, -0.2) is 9.78 Å². The molecule has 0 saturated heterocycles. The molecule has 1 aromatic heterocycles. The van der Waals surface area contributed by atoms with Crippen LogP contribution in [0.15, 0.2) is 12.1 Å². The van der Waals surface area contributed by atoms with E-state index in [0.717, 1.165) is 0 Å². The van der Waals surface area contributed by atoms with Crippen molar-refractivity contribution in [3.63, 3.8) is 0 Å². The molecule has 18 heavy (non-hydrogen) atoms. The molecule has 98 valence electrons. The van der Waals surface area contributed by atoms with E-state index < -0.39 is 5.97 Å². The monoisotopic (exact) mass is 249 g/mol. The van der Waals surface area contributed by atoms with Crippen LogP contribution in [0.3, 0.4) is 0 Å². The Labute approximate surface area is 106 Å². The first-order chi connectivity index (χ1) is 8.18. The van der Waals surface area contributed by atoms with Crippen LogP contribution < -0.4 is 11.1 Å². The van der Waals surface area contributed by atoms with E-state index in [-0.39, 0.29) is 22.6 Å². The number of aromatic nitrogens is 1. The smallest absolute Gasteiger partial charge is 0.354 e. The van der Waals surface area contributed by atoms with Crippen LogP contribution in [0.2, 0.25) is 0 Å². The number of pyridine rings is 1. The third-order valence-corrected chi connectivity index (χ3v) is 4.45. The predicted octanol–water partition coefficient (Wildman–Crippen LogP) is 2.21. The number of nitrogens with zero attached hydrogens (tertiary/aromatic N) is 1. The first kappa shape index (κ1) is 12.7. The summed E-state index contributed by atoms with van der Waals surface area (Å²) >= 11 is 0. The molecule has 1 aliphatic carbocycles. The van der Waals surface area contributed by atoms with Gasteiger partial charge in [0.15, 0.2) is 5.69 Å². The van der Waals surface area contributed by atoms with E-state index in [0.29, 0.717) is 11.5 Å². The van der Waals surface area contributed by atoms with Crippen LogP contribution in [0.1, 0.15) is 38.2 Å². The SMILES string of the molecule is CC1(C)C(Nc2nc(C(=O)O)ccc2N)C1(C)C. The highest BCUT2D eigenvalue weighted by atomic mass is 16.4. The Bertz CT molecular complexity index is 495. The molecule has 4 N–H and O–H groups in total. The Balaban J connectivity index is 2.26. The molecular weight excluding hydrogens is 230 g/mol. The zero-order chi connectivity index (χ0) is 13.7. The molecule has 2 rings (SSSR count). The molecule has 5 nitrogen and oxygen atoms in total. The number of carbonyl (C=O) groups is 1. The topological polar surface area (TPSA) is 88.2 Å². The van der Waals surface area contributed by atoms with Gasteiger partial charge < -0.3 is 16.2 Å². The molecule has 0 aliphatic heterocycles. The van der Waals surface area contributed by atoms with Gasteiger partial charge in [-0.2, -0.15) is 0 Å².